The van der Waals surface area contributed by atoms with E-state index < -0.39 is 0 Å². The van der Waals surface area contributed by atoms with Crippen molar-refractivity contribution in [3.8, 4) is 0 Å². The fraction of sp³-hybridized carbons (Fsp3) is 0.400. The predicted molar refractivity (Wildman–Crippen MR) is 94.3 cm³/mol. The lowest BCUT2D eigenvalue weighted by molar-refractivity contribution is 0.395. The van der Waals surface area contributed by atoms with E-state index in [0.29, 0.717) is 0 Å². The van der Waals surface area contributed by atoms with E-state index in [1.165, 1.54) is 27.9 Å². The van der Waals surface area contributed by atoms with Gasteiger partial charge in [0.25, 0.3) is 0 Å². The smallest absolute Gasteiger partial charge is 0.0445 e. The highest BCUT2D eigenvalue weighted by Crippen LogP contribution is 2.31. The van der Waals surface area contributed by atoms with Crippen LogP contribution in [0, 0.1) is 13.8 Å². The molecule has 116 valence electrons. The molecule has 2 heteroatoms. The lowest BCUT2D eigenvalue weighted by atomic mass is 10.0. The Balaban J connectivity index is 1.98. The Labute approximate surface area is 134 Å². The molecule has 1 aliphatic rings. The lowest BCUT2D eigenvalue weighted by Gasteiger charge is -2.33. The summed E-state index contributed by atoms with van der Waals surface area (Å²) in [5.41, 5.74) is 6.97. The zero-order valence-corrected chi connectivity index (χ0v) is 14.1. The van der Waals surface area contributed by atoms with Crippen molar-refractivity contribution in [2.75, 3.05) is 11.4 Å². The maximum atomic E-state index is 3.69. The van der Waals surface area contributed by atoms with E-state index in [4.69, 9.17) is 0 Å². The normalized spacial score (nSPS) is 17.0. The number of para-hydroxylation sites is 1. The Bertz CT molecular complexity index is 656. The molecule has 0 amide bonds. The molecular formula is C20H26N2. The summed E-state index contributed by atoms with van der Waals surface area (Å²) in [6.07, 6.45) is 0. The van der Waals surface area contributed by atoms with Gasteiger partial charge in [0.15, 0.2) is 0 Å². The first-order valence-electron chi connectivity index (χ1n) is 8.09. The van der Waals surface area contributed by atoms with E-state index in [-0.39, 0.29) is 5.54 Å². The van der Waals surface area contributed by atoms with Crippen molar-refractivity contribution in [2.45, 2.75) is 46.3 Å². The van der Waals surface area contributed by atoms with E-state index >= 15 is 0 Å². The molecule has 1 heterocycles. The first-order valence-corrected chi connectivity index (χ1v) is 8.09. The Morgan fingerprint density at radius 1 is 1.05 bits per heavy atom. The minimum atomic E-state index is 0.107. The number of benzene rings is 2. The summed E-state index contributed by atoms with van der Waals surface area (Å²) in [6, 6.07) is 15.5. The van der Waals surface area contributed by atoms with Crippen LogP contribution in [0.15, 0.2) is 42.5 Å². The van der Waals surface area contributed by atoms with E-state index in [1.807, 2.05) is 0 Å². The maximum Gasteiger partial charge on any atom is 0.0445 e. The van der Waals surface area contributed by atoms with Crippen LogP contribution >= 0.6 is 0 Å². The molecule has 0 aromatic heterocycles. The molecular weight excluding hydrogens is 268 g/mol. The molecule has 3 rings (SSSR count). The molecule has 0 unspecified atom stereocenters. The largest absolute Gasteiger partial charge is 0.365 e. The van der Waals surface area contributed by atoms with Gasteiger partial charge in [0.2, 0.25) is 0 Å². The molecule has 0 atom stereocenters. The standard InChI is InChI=1S/C20H26N2/c1-15-8-10-17(11-9-15)13-22-14-20(3,4)21-12-18-7-5-6-16(2)19(18)22/h5-11,21H,12-14H2,1-4H3. The molecule has 2 aromatic rings. The Morgan fingerprint density at radius 2 is 1.77 bits per heavy atom. The second kappa shape index (κ2) is 5.77. The van der Waals surface area contributed by atoms with Crippen LogP contribution in [0.2, 0.25) is 0 Å². The molecule has 1 N–H and O–H groups in total. The second-order valence-electron chi connectivity index (χ2n) is 7.16. The van der Waals surface area contributed by atoms with Gasteiger partial charge in [-0.25, -0.2) is 0 Å². The number of rotatable bonds is 2. The molecule has 0 bridgehead atoms. The summed E-state index contributed by atoms with van der Waals surface area (Å²) < 4.78 is 0. The van der Waals surface area contributed by atoms with Crippen molar-refractivity contribution in [3.63, 3.8) is 0 Å². The number of hydrogen-bond donors (Lipinski definition) is 1. The fourth-order valence-corrected chi connectivity index (χ4v) is 3.31. The van der Waals surface area contributed by atoms with E-state index in [1.54, 1.807) is 0 Å². The summed E-state index contributed by atoms with van der Waals surface area (Å²) in [4.78, 5) is 2.54. The third kappa shape index (κ3) is 3.17. The molecule has 1 aliphatic heterocycles. The number of aryl methyl sites for hydroxylation is 2. The Hall–Kier alpha value is -1.80. The number of fused-ring (bicyclic) bond motifs is 1. The number of nitrogens with one attached hydrogen (secondary N) is 1. The SMILES string of the molecule is Cc1ccc(CN2CC(C)(C)NCc3cccc(C)c32)cc1. The molecule has 2 nitrogen and oxygen atoms in total. The maximum absolute atomic E-state index is 3.69. The highest BCUT2D eigenvalue weighted by Gasteiger charge is 2.27. The van der Waals surface area contributed by atoms with E-state index in [2.05, 4.69) is 80.4 Å². The van der Waals surface area contributed by atoms with Gasteiger partial charge in [0, 0.05) is 30.9 Å². The van der Waals surface area contributed by atoms with Crippen LogP contribution in [0.1, 0.15) is 36.1 Å². The van der Waals surface area contributed by atoms with Crippen LogP contribution in [-0.4, -0.2) is 12.1 Å². The predicted octanol–water partition coefficient (Wildman–Crippen LogP) is 4.19. The second-order valence-corrected chi connectivity index (χ2v) is 7.16. The fourth-order valence-electron chi connectivity index (χ4n) is 3.31. The van der Waals surface area contributed by atoms with Gasteiger partial charge in [-0.2, -0.15) is 0 Å². The number of hydrogen-bond acceptors (Lipinski definition) is 2. The third-order valence-corrected chi connectivity index (χ3v) is 4.48. The highest BCUT2D eigenvalue weighted by molar-refractivity contribution is 5.60. The number of anilines is 1. The molecule has 0 spiro atoms. The molecule has 22 heavy (non-hydrogen) atoms. The van der Waals surface area contributed by atoms with E-state index in [0.717, 1.165) is 19.6 Å². The van der Waals surface area contributed by atoms with Gasteiger partial charge in [-0.05, 0) is 44.4 Å². The lowest BCUT2D eigenvalue weighted by Crippen LogP contribution is -2.46. The summed E-state index contributed by atoms with van der Waals surface area (Å²) in [5.74, 6) is 0. The zero-order valence-electron chi connectivity index (χ0n) is 14.1. The summed E-state index contributed by atoms with van der Waals surface area (Å²) in [6.45, 7) is 11.9. The van der Waals surface area contributed by atoms with Crippen molar-refractivity contribution < 1.29 is 0 Å². The molecule has 0 fully saturated rings. The minimum Gasteiger partial charge on any atom is -0.365 e. The van der Waals surface area contributed by atoms with Gasteiger partial charge in [-0.15, -0.1) is 0 Å². The van der Waals surface area contributed by atoms with Crippen molar-refractivity contribution in [2.24, 2.45) is 0 Å². The van der Waals surface area contributed by atoms with Crippen molar-refractivity contribution >= 4 is 5.69 Å². The summed E-state index contributed by atoms with van der Waals surface area (Å²) >= 11 is 0. The summed E-state index contributed by atoms with van der Waals surface area (Å²) in [7, 11) is 0. The molecule has 0 saturated heterocycles. The average Bonchev–Trinajstić information content (AvgIpc) is 2.59. The van der Waals surface area contributed by atoms with Crippen LogP contribution in [-0.2, 0) is 13.1 Å². The van der Waals surface area contributed by atoms with Gasteiger partial charge in [0.05, 0.1) is 0 Å². The summed E-state index contributed by atoms with van der Waals surface area (Å²) in [5, 5.41) is 3.69. The van der Waals surface area contributed by atoms with Gasteiger partial charge < -0.3 is 10.2 Å². The van der Waals surface area contributed by atoms with Crippen LogP contribution in [0.5, 0.6) is 0 Å². The molecule has 0 radical (unpaired) electrons. The first kappa shape index (κ1) is 15.1. The van der Waals surface area contributed by atoms with Crippen LogP contribution in [0.3, 0.4) is 0 Å². The van der Waals surface area contributed by atoms with Crippen molar-refractivity contribution in [1.29, 1.82) is 0 Å². The number of nitrogens with zero attached hydrogens (tertiary/aromatic N) is 1. The highest BCUT2D eigenvalue weighted by atomic mass is 15.2. The average molecular weight is 294 g/mol. The monoisotopic (exact) mass is 294 g/mol. The van der Waals surface area contributed by atoms with Gasteiger partial charge in [0.1, 0.15) is 0 Å². The first-order chi connectivity index (χ1) is 10.4. The molecule has 0 saturated carbocycles. The van der Waals surface area contributed by atoms with Crippen LogP contribution in [0.25, 0.3) is 0 Å². The molecule has 0 aliphatic carbocycles. The zero-order chi connectivity index (χ0) is 15.7. The van der Waals surface area contributed by atoms with Crippen molar-refractivity contribution in [1.82, 2.24) is 5.32 Å². The molecule has 2 aromatic carbocycles. The van der Waals surface area contributed by atoms with E-state index in [9.17, 15) is 0 Å². The van der Waals surface area contributed by atoms with Gasteiger partial charge in [-0.1, -0.05) is 48.0 Å². The van der Waals surface area contributed by atoms with Crippen molar-refractivity contribution in [3.05, 3.63) is 64.7 Å². The quantitative estimate of drug-likeness (QED) is 0.893. The van der Waals surface area contributed by atoms with Gasteiger partial charge in [-0.3, -0.25) is 0 Å². The Kier molecular flexibility index (Phi) is 3.96. The minimum absolute atomic E-state index is 0.107. The van der Waals surface area contributed by atoms with Crippen LogP contribution < -0.4 is 10.2 Å². The Morgan fingerprint density at radius 3 is 2.50 bits per heavy atom. The topological polar surface area (TPSA) is 15.3 Å². The van der Waals surface area contributed by atoms with Gasteiger partial charge >= 0.3 is 0 Å². The third-order valence-electron chi connectivity index (χ3n) is 4.48. The van der Waals surface area contributed by atoms with Crippen LogP contribution in [0.4, 0.5) is 5.69 Å².